The summed E-state index contributed by atoms with van der Waals surface area (Å²) < 4.78 is 21.0. The summed E-state index contributed by atoms with van der Waals surface area (Å²) in [6, 6.07) is 12.0. The highest BCUT2D eigenvalue weighted by atomic mass is 35.5. The molecule has 2 saturated heterocycles. The largest absolute Gasteiger partial charge is 0.359 e. The van der Waals surface area contributed by atoms with Crippen LogP contribution in [0.5, 0.6) is 0 Å². The molecule has 1 spiro atoms. The van der Waals surface area contributed by atoms with E-state index in [2.05, 4.69) is 10.6 Å². The molecular formula is C29H29ClFN3O4. The number of likely N-dealkylation sites (tertiary alicyclic amines) is 1. The van der Waals surface area contributed by atoms with E-state index in [0.717, 1.165) is 32.1 Å². The zero-order valence-corrected chi connectivity index (χ0v) is 21.5. The molecule has 3 fully saturated rings. The monoisotopic (exact) mass is 537 g/mol. The minimum absolute atomic E-state index is 0.0154. The minimum Gasteiger partial charge on any atom is -0.359 e. The number of benzene rings is 2. The maximum Gasteiger partial charge on any atom is 0.246 e. The number of amides is 3. The lowest BCUT2D eigenvalue weighted by atomic mass is 9.74. The normalized spacial score (nSPS) is 29.9. The summed E-state index contributed by atoms with van der Waals surface area (Å²) in [6.45, 7) is -0.100. The van der Waals surface area contributed by atoms with Gasteiger partial charge in [-0.3, -0.25) is 14.4 Å². The second-order valence-electron chi connectivity index (χ2n) is 10.6. The molecule has 2 aromatic carbocycles. The van der Waals surface area contributed by atoms with Crippen LogP contribution in [0, 0.1) is 17.7 Å². The molecule has 3 amide bonds. The number of carbonyl (C=O) groups excluding carboxylic acids is 3. The fourth-order valence-electron chi connectivity index (χ4n) is 6.57. The summed E-state index contributed by atoms with van der Waals surface area (Å²) >= 11 is 6.08. The van der Waals surface area contributed by atoms with Gasteiger partial charge in [-0.2, -0.15) is 0 Å². The molecule has 5 atom stereocenters. The van der Waals surface area contributed by atoms with Gasteiger partial charge in [0.1, 0.15) is 17.5 Å². The van der Waals surface area contributed by atoms with Gasteiger partial charge in [-0.15, -0.1) is 0 Å². The standard InChI is InChI=1S/C29H29ClFN3O4/c30-18-8-6-11-20(15-18)33-26(35)23-22-13-14-29(38-22)24(23)28(37)34(16-17-7-4-5-12-21(17)31)25(29)27(36)32-19-9-2-1-3-10-19/h4-8,11-15,19,22-25H,1-3,9-10,16H2,(H,32,36)(H,33,35)/t22-,23?,24-,25?,29?/m1/s1. The molecule has 1 saturated carbocycles. The number of ether oxygens (including phenoxy) is 1. The molecule has 2 aromatic rings. The van der Waals surface area contributed by atoms with Gasteiger partial charge >= 0.3 is 0 Å². The predicted molar refractivity (Wildman–Crippen MR) is 140 cm³/mol. The Kier molecular flexibility index (Phi) is 6.48. The number of halogens is 2. The van der Waals surface area contributed by atoms with E-state index in [0.29, 0.717) is 16.3 Å². The predicted octanol–water partition coefficient (Wildman–Crippen LogP) is 4.22. The fraction of sp³-hybridized carbons (Fsp3) is 0.414. The van der Waals surface area contributed by atoms with Gasteiger partial charge in [0, 0.05) is 28.9 Å². The van der Waals surface area contributed by atoms with Crippen LogP contribution in [0.15, 0.2) is 60.7 Å². The van der Waals surface area contributed by atoms with Crippen molar-refractivity contribution in [3.63, 3.8) is 0 Å². The maximum atomic E-state index is 14.7. The molecule has 2 N–H and O–H groups in total. The second-order valence-corrected chi connectivity index (χ2v) is 11.0. The molecule has 38 heavy (non-hydrogen) atoms. The Morgan fingerprint density at radius 3 is 2.63 bits per heavy atom. The average molecular weight is 538 g/mol. The van der Waals surface area contributed by atoms with E-state index in [4.69, 9.17) is 16.3 Å². The molecule has 3 unspecified atom stereocenters. The van der Waals surface area contributed by atoms with Gasteiger partial charge in [-0.1, -0.05) is 67.3 Å². The SMILES string of the molecule is O=C(Nc1cccc(Cl)c1)C1[C@H]2C=CC3(O2)C(C(=O)NC2CCCCC2)N(Cc2ccccc2F)C(=O)[C@@H]13. The van der Waals surface area contributed by atoms with Crippen LogP contribution in [-0.4, -0.2) is 46.4 Å². The quantitative estimate of drug-likeness (QED) is 0.540. The molecule has 3 aliphatic heterocycles. The summed E-state index contributed by atoms with van der Waals surface area (Å²) in [6.07, 6.45) is 7.83. The molecule has 0 radical (unpaired) electrons. The van der Waals surface area contributed by atoms with Crippen molar-refractivity contribution in [1.82, 2.24) is 10.2 Å². The minimum atomic E-state index is -1.30. The zero-order valence-electron chi connectivity index (χ0n) is 20.7. The van der Waals surface area contributed by atoms with E-state index in [1.54, 1.807) is 54.6 Å². The molecule has 7 nitrogen and oxygen atoms in total. The van der Waals surface area contributed by atoms with E-state index in [-0.39, 0.29) is 24.4 Å². The summed E-state index contributed by atoms with van der Waals surface area (Å²) in [7, 11) is 0. The van der Waals surface area contributed by atoms with Crippen molar-refractivity contribution in [2.24, 2.45) is 11.8 Å². The summed E-state index contributed by atoms with van der Waals surface area (Å²) in [4.78, 5) is 42.8. The maximum absolute atomic E-state index is 14.7. The fourth-order valence-corrected chi connectivity index (χ4v) is 6.76. The molecule has 198 valence electrons. The van der Waals surface area contributed by atoms with Crippen molar-refractivity contribution in [2.45, 2.75) is 62.4 Å². The highest BCUT2D eigenvalue weighted by molar-refractivity contribution is 6.30. The van der Waals surface area contributed by atoms with Crippen molar-refractivity contribution in [2.75, 3.05) is 5.32 Å². The number of rotatable bonds is 6. The molecule has 3 heterocycles. The van der Waals surface area contributed by atoms with Crippen LogP contribution in [0.4, 0.5) is 10.1 Å². The van der Waals surface area contributed by atoms with E-state index in [9.17, 15) is 18.8 Å². The van der Waals surface area contributed by atoms with Crippen LogP contribution in [0.1, 0.15) is 37.7 Å². The number of fused-ring (bicyclic) bond motifs is 1. The van der Waals surface area contributed by atoms with Crippen molar-refractivity contribution >= 4 is 35.0 Å². The number of hydrogen-bond acceptors (Lipinski definition) is 4. The van der Waals surface area contributed by atoms with Gasteiger partial charge < -0.3 is 20.3 Å². The number of anilines is 1. The lowest BCUT2D eigenvalue weighted by Crippen LogP contribution is -2.56. The van der Waals surface area contributed by atoms with Crippen molar-refractivity contribution in [3.05, 3.63) is 77.1 Å². The molecular weight excluding hydrogens is 509 g/mol. The highest BCUT2D eigenvalue weighted by Gasteiger charge is 2.72. The second kappa shape index (κ2) is 9.82. The average Bonchev–Trinajstić information content (AvgIpc) is 3.53. The third-order valence-electron chi connectivity index (χ3n) is 8.27. The van der Waals surface area contributed by atoms with Crippen LogP contribution >= 0.6 is 11.6 Å². The Morgan fingerprint density at radius 1 is 1.08 bits per heavy atom. The Hall–Kier alpha value is -3.23. The number of nitrogens with one attached hydrogen (secondary N) is 2. The van der Waals surface area contributed by atoms with E-state index < -0.39 is 41.3 Å². The van der Waals surface area contributed by atoms with Gasteiger partial charge in [0.05, 0.1) is 17.9 Å². The van der Waals surface area contributed by atoms with Gasteiger partial charge in [0.15, 0.2) is 0 Å². The summed E-state index contributed by atoms with van der Waals surface area (Å²) in [5.74, 6) is -3.33. The molecule has 6 rings (SSSR count). The highest BCUT2D eigenvalue weighted by Crippen LogP contribution is 2.55. The Morgan fingerprint density at radius 2 is 1.87 bits per heavy atom. The van der Waals surface area contributed by atoms with Crippen molar-refractivity contribution in [3.8, 4) is 0 Å². The number of nitrogens with zero attached hydrogens (tertiary/aromatic N) is 1. The molecule has 1 aliphatic carbocycles. The molecule has 2 bridgehead atoms. The van der Waals surface area contributed by atoms with Crippen LogP contribution in [0.3, 0.4) is 0 Å². The van der Waals surface area contributed by atoms with Crippen LogP contribution < -0.4 is 10.6 Å². The Bertz CT molecular complexity index is 1310. The summed E-state index contributed by atoms with van der Waals surface area (Å²) in [5, 5.41) is 6.46. The summed E-state index contributed by atoms with van der Waals surface area (Å²) in [5.41, 5.74) is -0.503. The first kappa shape index (κ1) is 25.1. The Balaban J connectivity index is 1.34. The number of carbonyl (C=O) groups is 3. The third kappa shape index (κ3) is 4.20. The van der Waals surface area contributed by atoms with E-state index in [1.165, 1.54) is 11.0 Å². The lowest BCUT2D eigenvalue weighted by molar-refractivity contribution is -0.142. The van der Waals surface area contributed by atoms with Gasteiger partial charge in [-0.25, -0.2) is 4.39 Å². The Labute approximate surface area is 225 Å². The smallest absolute Gasteiger partial charge is 0.246 e. The topological polar surface area (TPSA) is 87.7 Å². The van der Waals surface area contributed by atoms with Gasteiger partial charge in [-0.05, 0) is 37.1 Å². The third-order valence-corrected chi connectivity index (χ3v) is 8.50. The van der Waals surface area contributed by atoms with Gasteiger partial charge in [0.2, 0.25) is 17.7 Å². The molecule has 4 aliphatic rings. The zero-order chi connectivity index (χ0) is 26.4. The molecule has 9 heteroatoms. The lowest BCUT2D eigenvalue weighted by Gasteiger charge is -2.34. The first-order valence-electron chi connectivity index (χ1n) is 13.2. The van der Waals surface area contributed by atoms with Gasteiger partial charge in [0.25, 0.3) is 0 Å². The first-order chi connectivity index (χ1) is 18.4. The first-order valence-corrected chi connectivity index (χ1v) is 13.5. The van der Waals surface area contributed by atoms with Crippen molar-refractivity contribution in [1.29, 1.82) is 0 Å². The van der Waals surface area contributed by atoms with Crippen molar-refractivity contribution < 1.29 is 23.5 Å². The molecule has 0 aromatic heterocycles. The van der Waals surface area contributed by atoms with Crippen LogP contribution in [0.25, 0.3) is 0 Å². The van der Waals surface area contributed by atoms with E-state index >= 15 is 0 Å². The van der Waals surface area contributed by atoms with E-state index in [1.807, 2.05) is 0 Å². The van der Waals surface area contributed by atoms with Crippen LogP contribution in [0.2, 0.25) is 5.02 Å². The van der Waals surface area contributed by atoms with Crippen LogP contribution in [-0.2, 0) is 25.7 Å². The number of hydrogen-bond donors (Lipinski definition) is 2.